The van der Waals surface area contributed by atoms with E-state index in [1.807, 2.05) is 6.20 Å². The highest BCUT2D eigenvalue weighted by molar-refractivity contribution is 5.63. The van der Waals surface area contributed by atoms with Crippen molar-refractivity contribution >= 4 is 5.82 Å². The average molecular weight is 392 g/mol. The molecule has 0 aromatic carbocycles. The Labute approximate surface area is 171 Å². The second-order valence-corrected chi connectivity index (χ2v) is 9.96. The van der Waals surface area contributed by atoms with Gasteiger partial charge < -0.3 is 10.5 Å². The maximum atomic E-state index is 6.15. The summed E-state index contributed by atoms with van der Waals surface area (Å²) in [5.41, 5.74) is 11.1. The Morgan fingerprint density at radius 3 is 2.41 bits per heavy atom. The number of nitrogens with two attached hydrogens (primary N) is 1. The number of ether oxygens (including phenoxy) is 1. The van der Waals surface area contributed by atoms with E-state index in [1.54, 1.807) is 0 Å². The molecule has 6 nitrogen and oxygen atoms in total. The quantitative estimate of drug-likeness (QED) is 0.848. The van der Waals surface area contributed by atoms with Gasteiger partial charge in [-0.1, -0.05) is 0 Å². The zero-order chi connectivity index (χ0) is 19.1. The van der Waals surface area contributed by atoms with Crippen LogP contribution in [0.15, 0.2) is 18.3 Å². The van der Waals surface area contributed by atoms with Gasteiger partial charge >= 0.3 is 0 Å². The number of pyridine rings is 1. The SMILES string of the molecule is Nc1ncc(-c2cc(C3C4CN(C5COC5)CC43)n(C3CCC3)n2)cc1C1CC1. The van der Waals surface area contributed by atoms with Crippen LogP contribution in [0.1, 0.15) is 61.2 Å². The maximum Gasteiger partial charge on any atom is 0.126 e. The van der Waals surface area contributed by atoms with E-state index in [-0.39, 0.29) is 0 Å². The zero-order valence-electron chi connectivity index (χ0n) is 16.8. The molecule has 0 bridgehead atoms. The number of hydrogen-bond acceptors (Lipinski definition) is 5. The predicted octanol–water partition coefficient (Wildman–Crippen LogP) is 3.17. The van der Waals surface area contributed by atoms with Crippen LogP contribution in [-0.4, -0.2) is 52.0 Å². The van der Waals surface area contributed by atoms with Gasteiger partial charge in [0.15, 0.2) is 0 Å². The molecule has 5 aliphatic rings. The minimum Gasteiger partial charge on any atom is -0.383 e. The lowest BCUT2D eigenvalue weighted by atomic mass is 9.93. The van der Waals surface area contributed by atoms with Gasteiger partial charge in [-0.3, -0.25) is 9.58 Å². The van der Waals surface area contributed by atoms with Gasteiger partial charge in [0.1, 0.15) is 5.82 Å². The third-order valence-corrected chi connectivity index (χ3v) is 8.15. The molecule has 2 saturated heterocycles. The molecule has 3 aliphatic carbocycles. The molecule has 0 spiro atoms. The highest BCUT2D eigenvalue weighted by atomic mass is 16.5. The van der Waals surface area contributed by atoms with Crippen LogP contribution in [0.4, 0.5) is 5.82 Å². The van der Waals surface area contributed by atoms with Gasteiger partial charge in [0.05, 0.1) is 31.0 Å². The number of hydrogen-bond donors (Lipinski definition) is 1. The Bertz CT molecular complexity index is 946. The molecular formula is C23H29N5O. The summed E-state index contributed by atoms with van der Waals surface area (Å²) in [6.45, 7) is 4.34. The van der Waals surface area contributed by atoms with E-state index in [2.05, 4.69) is 26.7 Å². The first-order valence-corrected chi connectivity index (χ1v) is 11.4. The van der Waals surface area contributed by atoms with Gasteiger partial charge in [-0.05, 0) is 67.6 Å². The second-order valence-electron chi connectivity index (χ2n) is 9.96. The summed E-state index contributed by atoms with van der Waals surface area (Å²) in [4.78, 5) is 7.17. The van der Waals surface area contributed by atoms with Crippen molar-refractivity contribution in [1.82, 2.24) is 19.7 Å². The average Bonchev–Trinajstić information content (AvgIpc) is 3.50. The van der Waals surface area contributed by atoms with Crippen molar-refractivity contribution in [3.63, 3.8) is 0 Å². The highest BCUT2D eigenvalue weighted by Gasteiger charge is 2.59. The summed E-state index contributed by atoms with van der Waals surface area (Å²) in [5.74, 6) is 3.63. The van der Waals surface area contributed by atoms with Gasteiger partial charge in [-0.15, -0.1) is 0 Å². The van der Waals surface area contributed by atoms with Gasteiger partial charge in [0.2, 0.25) is 0 Å². The fraction of sp³-hybridized carbons (Fsp3) is 0.652. The summed E-state index contributed by atoms with van der Waals surface area (Å²) in [5, 5.41) is 5.13. The fourth-order valence-electron chi connectivity index (χ4n) is 5.81. The first kappa shape index (κ1) is 16.8. The van der Waals surface area contributed by atoms with E-state index >= 15 is 0 Å². The minimum atomic E-state index is 0.598. The number of nitrogen functional groups attached to an aromatic ring is 1. The van der Waals surface area contributed by atoms with Gasteiger partial charge in [-0.2, -0.15) is 5.10 Å². The largest absolute Gasteiger partial charge is 0.383 e. The third kappa shape index (κ3) is 2.61. The first-order valence-electron chi connectivity index (χ1n) is 11.4. The smallest absolute Gasteiger partial charge is 0.126 e. The molecule has 0 amide bonds. The first-order chi connectivity index (χ1) is 14.3. The predicted molar refractivity (Wildman–Crippen MR) is 111 cm³/mol. The molecule has 2 aromatic rings. The van der Waals surface area contributed by atoms with Gasteiger partial charge in [0.25, 0.3) is 0 Å². The maximum absolute atomic E-state index is 6.15. The standard InChI is InChI=1S/C23H29N5O/c24-23-17(13-4-5-13)6-14(8-25-23)20-7-21(28(26-20)15-2-1-3-15)22-18-9-27(10-19(18)22)16-11-29-12-16/h6-8,13,15-16,18-19,22H,1-5,9-12H2,(H2,24,25). The Kier molecular flexibility index (Phi) is 3.51. The van der Waals surface area contributed by atoms with Crippen molar-refractivity contribution < 1.29 is 4.74 Å². The molecule has 3 saturated carbocycles. The lowest BCUT2D eigenvalue weighted by Gasteiger charge is -2.36. The summed E-state index contributed by atoms with van der Waals surface area (Å²) in [6.07, 6.45) is 8.28. The van der Waals surface area contributed by atoms with Crippen LogP contribution >= 0.6 is 0 Å². The molecule has 2 aromatic heterocycles. The zero-order valence-corrected chi connectivity index (χ0v) is 16.8. The Morgan fingerprint density at radius 1 is 1.00 bits per heavy atom. The number of likely N-dealkylation sites (tertiary alicyclic amines) is 1. The van der Waals surface area contributed by atoms with Gasteiger partial charge in [-0.25, -0.2) is 4.98 Å². The third-order valence-electron chi connectivity index (χ3n) is 8.15. The molecule has 2 atom stereocenters. The Hall–Kier alpha value is -1.92. The van der Waals surface area contributed by atoms with Crippen molar-refractivity contribution in [3.05, 3.63) is 29.6 Å². The van der Waals surface area contributed by atoms with Crippen LogP contribution in [0.2, 0.25) is 0 Å². The van der Waals surface area contributed by atoms with Crippen LogP contribution < -0.4 is 5.73 Å². The summed E-state index contributed by atoms with van der Waals surface area (Å²) >= 11 is 0. The van der Waals surface area contributed by atoms with Crippen LogP contribution in [0.25, 0.3) is 11.3 Å². The molecule has 29 heavy (non-hydrogen) atoms. The lowest BCUT2D eigenvalue weighted by molar-refractivity contribution is -0.0610. The van der Waals surface area contributed by atoms with Crippen LogP contribution in [-0.2, 0) is 4.74 Å². The number of piperidine rings is 1. The Morgan fingerprint density at radius 2 is 1.79 bits per heavy atom. The number of rotatable bonds is 5. The molecule has 2 aliphatic heterocycles. The lowest BCUT2D eigenvalue weighted by Crippen LogP contribution is -2.48. The molecule has 2 unspecified atom stereocenters. The molecule has 5 fully saturated rings. The van der Waals surface area contributed by atoms with E-state index < -0.39 is 0 Å². The van der Waals surface area contributed by atoms with Crippen molar-refractivity contribution in [2.24, 2.45) is 11.8 Å². The number of anilines is 1. The second kappa shape index (κ2) is 6.05. The van der Waals surface area contributed by atoms with E-state index in [4.69, 9.17) is 15.6 Å². The van der Waals surface area contributed by atoms with Crippen LogP contribution in [0, 0.1) is 11.8 Å². The highest BCUT2D eigenvalue weighted by Crippen LogP contribution is 2.59. The molecule has 2 N–H and O–H groups in total. The number of nitrogens with zero attached hydrogens (tertiary/aromatic N) is 4. The summed E-state index contributed by atoms with van der Waals surface area (Å²) in [7, 11) is 0. The Balaban J connectivity index is 1.19. The molecule has 7 rings (SSSR count). The monoisotopic (exact) mass is 391 g/mol. The van der Waals surface area contributed by atoms with Crippen LogP contribution in [0.3, 0.4) is 0 Å². The summed E-state index contributed by atoms with van der Waals surface area (Å²) in [6, 6.07) is 5.91. The van der Waals surface area contributed by atoms with Crippen LogP contribution in [0.5, 0.6) is 0 Å². The van der Waals surface area contributed by atoms with E-state index in [0.29, 0.717) is 29.7 Å². The van der Waals surface area contributed by atoms with Gasteiger partial charge in [0, 0.05) is 36.5 Å². The molecule has 4 heterocycles. The summed E-state index contributed by atoms with van der Waals surface area (Å²) < 4.78 is 7.80. The minimum absolute atomic E-state index is 0.598. The molecular weight excluding hydrogens is 362 g/mol. The molecule has 152 valence electrons. The fourth-order valence-corrected chi connectivity index (χ4v) is 5.81. The number of aromatic nitrogens is 3. The number of fused-ring (bicyclic) bond motifs is 1. The van der Waals surface area contributed by atoms with Crippen molar-refractivity contribution in [2.45, 2.75) is 56.0 Å². The van der Waals surface area contributed by atoms with E-state index in [9.17, 15) is 0 Å². The normalized spacial score (nSPS) is 32.1. The van der Waals surface area contributed by atoms with E-state index in [0.717, 1.165) is 36.3 Å². The molecule has 6 heteroatoms. The molecule has 0 radical (unpaired) electrons. The topological polar surface area (TPSA) is 69.2 Å². The van der Waals surface area contributed by atoms with Crippen molar-refractivity contribution in [3.8, 4) is 11.3 Å². The van der Waals surface area contributed by atoms with Crippen molar-refractivity contribution in [1.29, 1.82) is 0 Å². The van der Waals surface area contributed by atoms with Crippen molar-refractivity contribution in [2.75, 3.05) is 32.0 Å². The van der Waals surface area contributed by atoms with E-state index in [1.165, 1.54) is 56.5 Å².